The largest absolute Gasteiger partial charge is 0.398 e. The molecule has 0 saturated heterocycles. The third-order valence-corrected chi connectivity index (χ3v) is 3.69. The van der Waals surface area contributed by atoms with Gasteiger partial charge in [-0.05, 0) is 25.0 Å². The van der Waals surface area contributed by atoms with Crippen molar-refractivity contribution in [2.24, 2.45) is 0 Å². The lowest BCUT2D eigenvalue weighted by atomic mass is 9.79. The van der Waals surface area contributed by atoms with Crippen LogP contribution in [0.4, 0.5) is 5.69 Å². The summed E-state index contributed by atoms with van der Waals surface area (Å²) in [5.41, 5.74) is 6.84. The maximum Gasteiger partial charge on any atom is 0.0916 e. The summed E-state index contributed by atoms with van der Waals surface area (Å²) in [6.07, 6.45) is 5.06. The van der Waals surface area contributed by atoms with Crippen LogP contribution in [0.3, 0.4) is 0 Å². The molecule has 3 N–H and O–H groups in total. The number of halogens is 1. The van der Waals surface area contributed by atoms with E-state index >= 15 is 0 Å². The summed E-state index contributed by atoms with van der Waals surface area (Å²) in [5, 5.41) is 10.5. The van der Waals surface area contributed by atoms with Crippen molar-refractivity contribution >= 4 is 21.6 Å². The molecule has 3 heteroatoms. The maximum absolute atomic E-state index is 10.5. The van der Waals surface area contributed by atoms with Gasteiger partial charge in [-0.1, -0.05) is 41.3 Å². The monoisotopic (exact) mass is 269 g/mol. The molecule has 0 atom stereocenters. The molecule has 2 rings (SSSR count). The van der Waals surface area contributed by atoms with E-state index in [2.05, 4.69) is 15.9 Å². The van der Waals surface area contributed by atoms with Gasteiger partial charge >= 0.3 is 0 Å². The average Bonchev–Trinajstić information content (AvgIpc) is 2.18. The van der Waals surface area contributed by atoms with E-state index in [0.717, 1.165) is 35.7 Å². The quantitative estimate of drug-likeness (QED) is 0.770. The zero-order valence-corrected chi connectivity index (χ0v) is 10.3. The minimum absolute atomic E-state index is 0.689. The zero-order valence-electron chi connectivity index (χ0n) is 8.67. The number of nitrogens with two attached hydrogens (primary N) is 1. The van der Waals surface area contributed by atoms with Gasteiger partial charge in [0, 0.05) is 15.7 Å². The van der Waals surface area contributed by atoms with Crippen LogP contribution >= 0.6 is 15.9 Å². The molecule has 1 aliphatic rings. The molecular formula is C12H16BrNO. The van der Waals surface area contributed by atoms with E-state index in [1.165, 1.54) is 6.42 Å². The number of nitrogen functional groups attached to an aromatic ring is 1. The molecule has 82 valence electrons. The maximum atomic E-state index is 10.5. The van der Waals surface area contributed by atoms with Crippen molar-refractivity contribution in [3.8, 4) is 0 Å². The molecule has 1 aromatic rings. The van der Waals surface area contributed by atoms with Crippen molar-refractivity contribution in [3.63, 3.8) is 0 Å². The third kappa shape index (κ3) is 2.18. The Balaban J connectivity index is 2.35. The van der Waals surface area contributed by atoms with E-state index in [1.54, 1.807) is 0 Å². The first-order valence-corrected chi connectivity index (χ1v) is 6.19. The number of anilines is 1. The number of aliphatic hydroxyl groups is 1. The highest BCUT2D eigenvalue weighted by molar-refractivity contribution is 9.10. The Bertz CT molecular complexity index is 359. The highest BCUT2D eigenvalue weighted by atomic mass is 79.9. The first kappa shape index (κ1) is 11.0. The van der Waals surface area contributed by atoms with Gasteiger partial charge in [-0.25, -0.2) is 0 Å². The van der Waals surface area contributed by atoms with Gasteiger partial charge in [0.25, 0.3) is 0 Å². The van der Waals surface area contributed by atoms with Crippen LogP contribution in [-0.2, 0) is 5.60 Å². The highest BCUT2D eigenvalue weighted by Crippen LogP contribution is 2.39. The van der Waals surface area contributed by atoms with E-state index < -0.39 is 5.60 Å². The van der Waals surface area contributed by atoms with E-state index in [4.69, 9.17) is 5.73 Å². The van der Waals surface area contributed by atoms with Crippen molar-refractivity contribution in [2.75, 3.05) is 5.73 Å². The van der Waals surface area contributed by atoms with Crippen LogP contribution in [0.2, 0.25) is 0 Å². The Morgan fingerprint density at radius 2 is 1.87 bits per heavy atom. The Morgan fingerprint density at radius 1 is 1.20 bits per heavy atom. The molecule has 0 heterocycles. The topological polar surface area (TPSA) is 46.2 Å². The average molecular weight is 270 g/mol. The molecule has 0 aromatic heterocycles. The highest BCUT2D eigenvalue weighted by Gasteiger charge is 2.32. The summed E-state index contributed by atoms with van der Waals surface area (Å²) >= 11 is 3.38. The summed E-state index contributed by atoms with van der Waals surface area (Å²) in [6, 6.07) is 5.74. The minimum atomic E-state index is -0.691. The number of rotatable bonds is 1. The fraction of sp³-hybridized carbons (Fsp3) is 0.500. The van der Waals surface area contributed by atoms with Crippen LogP contribution in [0.15, 0.2) is 22.7 Å². The summed E-state index contributed by atoms with van der Waals surface area (Å²) in [6.45, 7) is 0. The van der Waals surface area contributed by atoms with Gasteiger partial charge in [-0.2, -0.15) is 0 Å². The van der Waals surface area contributed by atoms with Crippen molar-refractivity contribution in [1.82, 2.24) is 0 Å². The van der Waals surface area contributed by atoms with Crippen LogP contribution in [0, 0.1) is 0 Å². The second kappa shape index (κ2) is 4.14. The van der Waals surface area contributed by atoms with Crippen LogP contribution in [-0.4, -0.2) is 5.11 Å². The van der Waals surface area contributed by atoms with E-state index in [-0.39, 0.29) is 0 Å². The first-order valence-electron chi connectivity index (χ1n) is 5.40. The van der Waals surface area contributed by atoms with Crippen molar-refractivity contribution in [1.29, 1.82) is 0 Å². The zero-order chi connectivity index (χ0) is 10.9. The number of hydrogen-bond acceptors (Lipinski definition) is 2. The Labute approximate surface area is 98.6 Å². The predicted molar refractivity (Wildman–Crippen MR) is 65.5 cm³/mol. The van der Waals surface area contributed by atoms with Gasteiger partial charge in [0.05, 0.1) is 5.60 Å². The Kier molecular flexibility index (Phi) is 3.03. The molecule has 1 aliphatic carbocycles. The SMILES string of the molecule is Nc1cc(Br)ccc1C1(O)CCCCC1. The molecule has 1 fully saturated rings. The predicted octanol–water partition coefficient (Wildman–Crippen LogP) is 3.18. The fourth-order valence-electron chi connectivity index (χ4n) is 2.36. The summed E-state index contributed by atoms with van der Waals surface area (Å²) in [7, 11) is 0. The molecule has 0 radical (unpaired) electrons. The molecule has 1 saturated carbocycles. The molecule has 15 heavy (non-hydrogen) atoms. The molecular weight excluding hydrogens is 254 g/mol. The second-order valence-electron chi connectivity index (χ2n) is 4.32. The normalized spacial score (nSPS) is 20.1. The van der Waals surface area contributed by atoms with Gasteiger partial charge in [0.15, 0.2) is 0 Å². The van der Waals surface area contributed by atoms with Gasteiger partial charge in [0.1, 0.15) is 0 Å². The van der Waals surface area contributed by atoms with Gasteiger partial charge in [0.2, 0.25) is 0 Å². The summed E-state index contributed by atoms with van der Waals surface area (Å²) in [5.74, 6) is 0. The van der Waals surface area contributed by atoms with Crippen molar-refractivity contribution < 1.29 is 5.11 Å². The molecule has 2 nitrogen and oxygen atoms in total. The number of hydrogen-bond donors (Lipinski definition) is 2. The Hall–Kier alpha value is -0.540. The molecule has 0 unspecified atom stereocenters. The molecule has 0 amide bonds. The molecule has 0 bridgehead atoms. The Morgan fingerprint density at radius 3 is 2.47 bits per heavy atom. The van der Waals surface area contributed by atoms with Crippen LogP contribution in [0.5, 0.6) is 0 Å². The lowest BCUT2D eigenvalue weighted by molar-refractivity contribution is 0.0000741. The van der Waals surface area contributed by atoms with Crippen LogP contribution < -0.4 is 5.73 Å². The van der Waals surface area contributed by atoms with E-state index in [9.17, 15) is 5.11 Å². The van der Waals surface area contributed by atoms with Crippen LogP contribution in [0.1, 0.15) is 37.7 Å². The lowest BCUT2D eigenvalue weighted by Gasteiger charge is -2.33. The second-order valence-corrected chi connectivity index (χ2v) is 5.24. The minimum Gasteiger partial charge on any atom is -0.398 e. The summed E-state index contributed by atoms with van der Waals surface area (Å²) < 4.78 is 0.961. The van der Waals surface area contributed by atoms with Crippen molar-refractivity contribution in [2.45, 2.75) is 37.7 Å². The van der Waals surface area contributed by atoms with Gasteiger partial charge < -0.3 is 10.8 Å². The lowest BCUT2D eigenvalue weighted by Crippen LogP contribution is -2.29. The molecule has 1 aromatic carbocycles. The van der Waals surface area contributed by atoms with E-state index in [1.807, 2.05) is 18.2 Å². The third-order valence-electron chi connectivity index (χ3n) is 3.20. The molecule has 0 spiro atoms. The smallest absolute Gasteiger partial charge is 0.0916 e. The summed E-state index contributed by atoms with van der Waals surface area (Å²) in [4.78, 5) is 0. The number of benzene rings is 1. The van der Waals surface area contributed by atoms with Crippen molar-refractivity contribution in [3.05, 3.63) is 28.2 Å². The van der Waals surface area contributed by atoms with E-state index in [0.29, 0.717) is 5.69 Å². The first-order chi connectivity index (χ1) is 7.12. The van der Waals surface area contributed by atoms with Crippen LogP contribution in [0.25, 0.3) is 0 Å². The molecule has 0 aliphatic heterocycles. The van der Waals surface area contributed by atoms with Gasteiger partial charge in [-0.15, -0.1) is 0 Å². The fourth-order valence-corrected chi connectivity index (χ4v) is 2.74. The standard InChI is InChI=1S/C12H16BrNO/c13-9-4-5-10(11(14)8-9)12(15)6-2-1-3-7-12/h4-5,8,15H,1-3,6-7,14H2. The van der Waals surface area contributed by atoms with Gasteiger partial charge in [-0.3, -0.25) is 0 Å².